The van der Waals surface area contributed by atoms with Crippen molar-refractivity contribution in [3.05, 3.63) is 0 Å². The van der Waals surface area contributed by atoms with Gasteiger partial charge in [-0.05, 0) is 38.5 Å². The third-order valence-corrected chi connectivity index (χ3v) is 4.53. The van der Waals surface area contributed by atoms with Gasteiger partial charge in [0.05, 0.1) is 0 Å². The van der Waals surface area contributed by atoms with Crippen LogP contribution in [0.2, 0.25) is 0 Å². The largest absolute Gasteiger partial charge is 0.340 e. The molecule has 1 aliphatic heterocycles. The van der Waals surface area contributed by atoms with E-state index in [2.05, 4.69) is 26.1 Å². The number of rotatable bonds is 4. The quantitative estimate of drug-likeness (QED) is 0.862. The molecule has 0 aromatic heterocycles. The highest BCUT2D eigenvalue weighted by Crippen LogP contribution is 2.32. The summed E-state index contributed by atoms with van der Waals surface area (Å²) in [6.45, 7) is 14.7. The highest BCUT2D eigenvalue weighted by Gasteiger charge is 2.52. The third kappa shape index (κ3) is 2.99. The van der Waals surface area contributed by atoms with Gasteiger partial charge in [-0.25, -0.2) is 0 Å². The summed E-state index contributed by atoms with van der Waals surface area (Å²) in [5.41, 5.74) is -1.34. The highest BCUT2D eigenvalue weighted by molar-refractivity contribution is 6.01. The van der Waals surface area contributed by atoms with E-state index in [1.807, 2.05) is 27.7 Å². The first-order valence-corrected chi connectivity index (χ1v) is 7.65. The van der Waals surface area contributed by atoms with Gasteiger partial charge in [-0.15, -0.1) is 0 Å². The van der Waals surface area contributed by atoms with E-state index in [1.165, 1.54) is 0 Å². The van der Waals surface area contributed by atoms with Gasteiger partial charge >= 0.3 is 0 Å². The number of hydrogen-bond donors (Lipinski definition) is 1. The highest BCUT2D eigenvalue weighted by atomic mass is 16.2. The SMILES string of the molecule is CCC1(CC)NC(=O)C(C)(C)N(CCC(C)(C)C)C1=O. The average molecular weight is 282 g/mol. The second-order valence-electron chi connectivity index (χ2n) is 7.57. The Balaban J connectivity index is 3.08. The lowest BCUT2D eigenvalue weighted by Gasteiger charge is -2.50. The fraction of sp³-hybridized carbons (Fsp3) is 0.875. The van der Waals surface area contributed by atoms with E-state index in [0.29, 0.717) is 19.4 Å². The Morgan fingerprint density at radius 2 is 1.60 bits per heavy atom. The first kappa shape index (κ1) is 17.0. The van der Waals surface area contributed by atoms with Gasteiger partial charge in [0.25, 0.3) is 0 Å². The van der Waals surface area contributed by atoms with E-state index in [9.17, 15) is 9.59 Å². The van der Waals surface area contributed by atoms with Crippen molar-refractivity contribution in [2.45, 2.75) is 78.8 Å². The fourth-order valence-corrected chi connectivity index (χ4v) is 2.62. The minimum atomic E-state index is -0.768. The monoisotopic (exact) mass is 282 g/mol. The predicted molar refractivity (Wildman–Crippen MR) is 81.3 cm³/mol. The van der Waals surface area contributed by atoms with Gasteiger partial charge in [-0.2, -0.15) is 0 Å². The Morgan fingerprint density at radius 1 is 1.10 bits per heavy atom. The summed E-state index contributed by atoms with van der Waals surface area (Å²) in [6.07, 6.45) is 2.16. The molecule has 1 saturated heterocycles. The summed E-state index contributed by atoms with van der Waals surface area (Å²) in [4.78, 5) is 27.1. The summed E-state index contributed by atoms with van der Waals surface area (Å²) in [5, 5.41) is 2.97. The van der Waals surface area contributed by atoms with Crippen molar-refractivity contribution in [3.8, 4) is 0 Å². The molecule has 1 heterocycles. The average Bonchev–Trinajstić information content (AvgIpc) is 2.32. The smallest absolute Gasteiger partial charge is 0.249 e. The molecule has 1 fully saturated rings. The van der Waals surface area contributed by atoms with Gasteiger partial charge in [0.1, 0.15) is 11.1 Å². The maximum Gasteiger partial charge on any atom is 0.249 e. The maximum absolute atomic E-state index is 12.9. The first-order chi connectivity index (χ1) is 9.00. The van der Waals surface area contributed by atoms with Gasteiger partial charge in [0.2, 0.25) is 11.8 Å². The Kier molecular flexibility index (Phi) is 4.57. The molecule has 0 aromatic carbocycles. The van der Waals surface area contributed by atoms with Crippen LogP contribution in [0, 0.1) is 5.41 Å². The van der Waals surface area contributed by atoms with Gasteiger partial charge in [-0.1, -0.05) is 34.6 Å². The van der Waals surface area contributed by atoms with Crippen LogP contribution in [0.3, 0.4) is 0 Å². The molecule has 0 aromatic rings. The van der Waals surface area contributed by atoms with Gasteiger partial charge in [0.15, 0.2) is 0 Å². The molecule has 0 saturated carbocycles. The van der Waals surface area contributed by atoms with Gasteiger partial charge in [-0.3, -0.25) is 9.59 Å². The molecule has 1 aliphatic rings. The zero-order valence-electron chi connectivity index (χ0n) is 14.1. The normalized spacial score (nSPS) is 21.9. The lowest BCUT2D eigenvalue weighted by molar-refractivity contribution is -0.162. The van der Waals surface area contributed by atoms with E-state index >= 15 is 0 Å². The number of carbonyl (C=O) groups is 2. The van der Waals surface area contributed by atoms with Crippen LogP contribution in [0.15, 0.2) is 0 Å². The van der Waals surface area contributed by atoms with Crippen LogP contribution >= 0.6 is 0 Å². The Morgan fingerprint density at radius 3 is 2.00 bits per heavy atom. The molecule has 4 nitrogen and oxygen atoms in total. The van der Waals surface area contributed by atoms with Crippen LogP contribution in [-0.2, 0) is 9.59 Å². The molecule has 20 heavy (non-hydrogen) atoms. The molecule has 2 amide bonds. The van der Waals surface area contributed by atoms with Crippen molar-refractivity contribution in [3.63, 3.8) is 0 Å². The topological polar surface area (TPSA) is 49.4 Å². The number of carbonyl (C=O) groups excluding carboxylic acids is 2. The summed E-state index contributed by atoms with van der Waals surface area (Å²) >= 11 is 0. The molecular weight excluding hydrogens is 252 g/mol. The number of nitrogens with one attached hydrogen (secondary N) is 1. The first-order valence-electron chi connectivity index (χ1n) is 7.65. The summed E-state index contributed by atoms with van der Waals surface area (Å²) in [5.74, 6) is 0.0195. The molecule has 0 spiro atoms. The minimum Gasteiger partial charge on any atom is -0.340 e. The van der Waals surface area contributed by atoms with E-state index in [4.69, 9.17) is 0 Å². The molecule has 1 rings (SSSR count). The van der Waals surface area contributed by atoms with Crippen molar-refractivity contribution in [1.82, 2.24) is 10.2 Å². The third-order valence-electron chi connectivity index (χ3n) is 4.53. The number of piperazine rings is 1. The number of nitrogens with zero attached hydrogens (tertiary/aromatic N) is 1. The molecular formula is C16H30N2O2. The van der Waals surface area contributed by atoms with Crippen LogP contribution in [0.25, 0.3) is 0 Å². The van der Waals surface area contributed by atoms with E-state index in [-0.39, 0.29) is 17.2 Å². The van der Waals surface area contributed by atoms with E-state index < -0.39 is 11.1 Å². The summed E-state index contributed by atoms with van der Waals surface area (Å²) in [6, 6.07) is 0. The van der Waals surface area contributed by atoms with Crippen LogP contribution < -0.4 is 5.32 Å². The molecule has 116 valence electrons. The van der Waals surface area contributed by atoms with Crippen molar-refractivity contribution in [2.24, 2.45) is 5.41 Å². The number of hydrogen-bond acceptors (Lipinski definition) is 2. The maximum atomic E-state index is 12.9. The summed E-state index contributed by atoms with van der Waals surface area (Å²) < 4.78 is 0. The molecule has 0 unspecified atom stereocenters. The van der Waals surface area contributed by atoms with Crippen LogP contribution in [0.5, 0.6) is 0 Å². The second-order valence-corrected chi connectivity index (χ2v) is 7.57. The second kappa shape index (κ2) is 5.38. The summed E-state index contributed by atoms with van der Waals surface area (Å²) in [7, 11) is 0. The van der Waals surface area contributed by atoms with Crippen LogP contribution in [0.4, 0.5) is 0 Å². The zero-order chi connectivity index (χ0) is 15.8. The Labute approximate surface area is 123 Å². The van der Waals surface area contributed by atoms with Crippen molar-refractivity contribution < 1.29 is 9.59 Å². The predicted octanol–water partition coefficient (Wildman–Crippen LogP) is 2.72. The standard InChI is InChI=1S/C16H30N2O2/c1-8-16(9-2)13(20)18(11-10-14(3,4)5)15(6,7)12(19)17-16/h8-11H2,1-7H3,(H,17,19). The lowest BCUT2D eigenvalue weighted by atomic mass is 9.82. The van der Waals surface area contributed by atoms with Crippen LogP contribution in [-0.4, -0.2) is 34.3 Å². The van der Waals surface area contributed by atoms with Crippen molar-refractivity contribution in [1.29, 1.82) is 0 Å². The van der Waals surface area contributed by atoms with Gasteiger partial charge in [0, 0.05) is 6.54 Å². The molecule has 0 radical (unpaired) electrons. The van der Waals surface area contributed by atoms with Gasteiger partial charge < -0.3 is 10.2 Å². The Bertz CT molecular complexity index is 390. The molecule has 4 heteroatoms. The molecule has 0 atom stereocenters. The molecule has 0 aliphatic carbocycles. The van der Waals surface area contributed by atoms with E-state index in [0.717, 1.165) is 6.42 Å². The minimum absolute atomic E-state index is 0.0466. The zero-order valence-corrected chi connectivity index (χ0v) is 14.1. The van der Waals surface area contributed by atoms with Crippen molar-refractivity contribution >= 4 is 11.8 Å². The molecule has 1 N–H and O–H groups in total. The Hall–Kier alpha value is -1.06. The van der Waals surface area contributed by atoms with E-state index in [1.54, 1.807) is 4.90 Å². The fourth-order valence-electron chi connectivity index (χ4n) is 2.62. The molecule has 0 bridgehead atoms. The number of amides is 2. The van der Waals surface area contributed by atoms with Crippen LogP contribution in [0.1, 0.15) is 67.7 Å². The van der Waals surface area contributed by atoms with Crippen molar-refractivity contribution in [2.75, 3.05) is 6.54 Å². The lowest BCUT2D eigenvalue weighted by Crippen LogP contribution is -2.74.